The van der Waals surface area contributed by atoms with Crippen molar-refractivity contribution >= 4 is 9.47 Å². The summed E-state index contributed by atoms with van der Waals surface area (Å²) >= 11 is 0. The normalized spacial score (nSPS) is 14.1. The molecule has 2 atom stereocenters. The molecule has 4 heteroatoms. The fourth-order valence-corrected chi connectivity index (χ4v) is 0.386. The minimum absolute atomic E-state index is 0.168. The molecule has 0 saturated carbocycles. The van der Waals surface area contributed by atoms with E-state index in [0.29, 0.717) is 0 Å². The third-order valence-electron chi connectivity index (χ3n) is 0.499. The number of aliphatic hydroxyl groups is 2. The van der Waals surface area contributed by atoms with Crippen molar-refractivity contribution in [2.75, 3.05) is 13.2 Å². The molecule has 0 aromatic carbocycles. The molecule has 0 saturated heterocycles. The molecule has 0 aromatic rings. The second-order valence-electron chi connectivity index (χ2n) is 1.17. The summed E-state index contributed by atoms with van der Waals surface area (Å²) in [6.07, 6.45) is -0.738. The average Bonchev–Trinajstić information content (AvgIpc) is 1.68. The van der Waals surface area contributed by atoms with E-state index in [1.54, 1.807) is 0 Å². The molecule has 0 aromatic heterocycles. The summed E-state index contributed by atoms with van der Waals surface area (Å²) in [5.41, 5.74) is 0. The average molecular weight is 124 g/mol. The minimum Gasteiger partial charge on any atom is -0.394 e. The van der Waals surface area contributed by atoms with Crippen LogP contribution in [0.15, 0.2) is 0 Å². The number of hydrogen-bond acceptors (Lipinski definition) is 3. The molecule has 0 spiro atoms. The van der Waals surface area contributed by atoms with Gasteiger partial charge in [-0.15, -0.1) is 0 Å². The van der Waals surface area contributed by atoms with Crippen molar-refractivity contribution in [2.45, 2.75) is 6.10 Å². The van der Waals surface area contributed by atoms with Gasteiger partial charge in [0.2, 0.25) is 0 Å². The molecule has 0 radical (unpaired) electrons. The largest absolute Gasteiger partial charge is 0.394 e. The van der Waals surface area contributed by atoms with Crippen LogP contribution in [0.25, 0.3) is 0 Å². The highest BCUT2D eigenvalue weighted by Gasteiger charge is 1.96. The van der Waals surface area contributed by atoms with Gasteiger partial charge in [-0.2, -0.15) is 0 Å². The van der Waals surface area contributed by atoms with Gasteiger partial charge in [0.1, 0.15) is 6.10 Å². The highest BCUT2D eigenvalue weighted by molar-refractivity contribution is 7.09. The van der Waals surface area contributed by atoms with E-state index in [-0.39, 0.29) is 13.2 Å². The van der Waals surface area contributed by atoms with Gasteiger partial charge in [-0.25, -0.2) is 0 Å². The molecule has 0 aliphatic carbocycles. The van der Waals surface area contributed by atoms with Gasteiger partial charge in [-0.1, -0.05) is 0 Å². The Labute approximate surface area is 44.6 Å². The highest BCUT2D eigenvalue weighted by atomic mass is 31.0. The van der Waals surface area contributed by atoms with Crippen molar-refractivity contribution in [1.29, 1.82) is 0 Å². The SMILES string of the molecule is OC[C@@H](O)COP. The van der Waals surface area contributed by atoms with Crippen molar-refractivity contribution in [3.05, 3.63) is 0 Å². The van der Waals surface area contributed by atoms with Crippen LogP contribution in [0.3, 0.4) is 0 Å². The molecule has 0 rings (SSSR count). The summed E-state index contributed by atoms with van der Waals surface area (Å²) in [4.78, 5) is 0. The van der Waals surface area contributed by atoms with Crippen LogP contribution < -0.4 is 0 Å². The Bertz CT molecular complexity index is 41.2. The first-order valence-corrected chi connectivity index (χ1v) is 2.39. The van der Waals surface area contributed by atoms with Crippen LogP contribution in [0.2, 0.25) is 0 Å². The topological polar surface area (TPSA) is 49.7 Å². The summed E-state index contributed by atoms with van der Waals surface area (Å²) in [6.45, 7) is -0.0738. The first-order valence-electron chi connectivity index (χ1n) is 1.92. The lowest BCUT2D eigenvalue weighted by Gasteiger charge is -2.01. The van der Waals surface area contributed by atoms with Gasteiger partial charge in [-0.3, -0.25) is 0 Å². The van der Waals surface area contributed by atoms with E-state index in [4.69, 9.17) is 10.2 Å². The Morgan fingerprint density at radius 1 is 1.71 bits per heavy atom. The number of aliphatic hydroxyl groups excluding tert-OH is 2. The van der Waals surface area contributed by atoms with Crippen molar-refractivity contribution in [3.63, 3.8) is 0 Å². The lowest BCUT2D eigenvalue weighted by molar-refractivity contribution is 0.0598. The van der Waals surface area contributed by atoms with Gasteiger partial charge in [0, 0.05) is 9.47 Å². The first kappa shape index (κ1) is 7.31. The van der Waals surface area contributed by atoms with Crippen LogP contribution in [0, 0.1) is 0 Å². The zero-order valence-electron chi connectivity index (χ0n) is 3.87. The lowest BCUT2D eigenvalue weighted by atomic mass is 10.4. The van der Waals surface area contributed by atoms with Crippen LogP contribution in [-0.2, 0) is 4.52 Å². The first-order chi connectivity index (χ1) is 3.31. The van der Waals surface area contributed by atoms with Crippen molar-refractivity contribution in [2.24, 2.45) is 0 Å². The molecule has 0 heterocycles. The van der Waals surface area contributed by atoms with E-state index < -0.39 is 6.10 Å². The third-order valence-corrected chi connectivity index (χ3v) is 0.692. The smallest absolute Gasteiger partial charge is 0.101 e. The Hall–Kier alpha value is 0.310. The van der Waals surface area contributed by atoms with E-state index in [0.717, 1.165) is 0 Å². The Morgan fingerprint density at radius 3 is 2.43 bits per heavy atom. The summed E-state index contributed by atoms with van der Waals surface area (Å²) in [5, 5.41) is 16.6. The maximum atomic E-state index is 8.47. The molecule has 0 fully saturated rings. The standard InChI is InChI=1S/C3H9O3P/c4-1-3(5)2-6-7/h3-5H,1-2,7H2/t3-/m1/s1. The Balaban J connectivity index is 2.83. The molecule has 0 amide bonds. The van der Waals surface area contributed by atoms with Gasteiger partial charge in [0.25, 0.3) is 0 Å². The molecule has 44 valence electrons. The van der Waals surface area contributed by atoms with Crippen molar-refractivity contribution in [3.8, 4) is 0 Å². The number of rotatable bonds is 3. The Morgan fingerprint density at radius 2 is 2.29 bits per heavy atom. The molecule has 0 aliphatic heterocycles. The molecule has 1 unspecified atom stereocenters. The summed E-state index contributed by atoms with van der Waals surface area (Å²) in [7, 11) is 1.98. The summed E-state index contributed by atoms with van der Waals surface area (Å²) < 4.78 is 4.40. The van der Waals surface area contributed by atoms with Crippen molar-refractivity contribution < 1.29 is 14.7 Å². The van der Waals surface area contributed by atoms with Gasteiger partial charge in [0.15, 0.2) is 0 Å². The second kappa shape index (κ2) is 4.47. The Kier molecular flexibility index (Phi) is 4.67. The molecular formula is C3H9O3P. The van der Waals surface area contributed by atoms with Gasteiger partial charge >= 0.3 is 0 Å². The predicted molar refractivity (Wildman–Crippen MR) is 28.8 cm³/mol. The van der Waals surface area contributed by atoms with Crippen LogP contribution in [0.1, 0.15) is 0 Å². The van der Waals surface area contributed by atoms with E-state index in [1.165, 1.54) is 0 Å². The van der Waals surface area contributed by atoms with Crippen LogP contribution >= 0.6 is 9.47 Å². The maximum absolute atomic E-state index is 8.47. The van der Waals surface area contributed by atoms with E-state index in [1.807, 2.05) is 9.47 Å². The van der Waals surface area contributed by atoms with Crippen LogP contribution in [-0.4, -0.2) is 29.5 Å². The molecule has 3 nitrogen and oxygen atoms in total. The van der Waals surface area contributed by atoms with Crippen molar-refractivity contribution in [1.82, 2.24) is 0 Å². The molecule has 0 aliphatic rings. The maximum Gasteiger partial charge on any atom is 0.101 e. The second-order valence-corrected chi connectivity index (χ2v) is 1.50. The van der Waals surface area contributed by atoms with Crippen LogP contribution in [0.5, 0.6) is 0 Å². The zero-order chi connectivity index (χ0) is 5.70. The van der Waals surface area contributed by atoms with Gasteiger partial charge in [-0.05, 0) is 0 Å². The highest BCUT2D eigenvalue weighted by Crippen LogP contribution is 1.87. The van der Waals surface area contributed by atoms with E-state index in [9.17, 15) is 0 Å². The molecule has 2 N–H and O–H groups in total. The monoisotopic (exact) mass is 124 g/mol. The lowest BCUT2D eigenvalue weighted by Crippen LogP contribution is -2.16. The van der Waals surface area contributed by atoms with Gasteiger partial charge in [0.05, 0.1) is 13.2 Å². The van der Waals surface area contributed by atoms with Gasteiger partial charge < -0.3 is 14.7 Å². The third kappa shape index (κ3) is 4.16. The predicted octanol–water partition coefficient (Wildman–Crippen LogP) is -0.854. The summed E-state index contributed by atoms with van der Waals surface area (Å²) in [6, 6.07) is 0. The quantitative estimate of drug-likeness (QED) is 0.481. The molecular weight excluding hydrogens is 115 g/mol. The fraction of sp³-hybridized carbons (Fsp3) is 1.00. The fourth-order valence-electron chi connectivity index (χ4n) is 0.164. The number of hydrogen-bond donors (Lipinski definition) is 2. The van der Waals surface area contributed by atoms with E-state index in [2.05, 4.69) is 4.52 Å². The molecule has 0 bridgehead atoms. The minimum atomic E-state index is -0.738. The molecule has 7 heavy (non-hydrogen) atoms. The van der Waals surface area contributed by atoms with E-state index >= 15 is 0 Å². The summed E-state index contributed by atoms with van der Waals surface area (Å²) in [5.74, 6) is 0. The van der Waals surface area contributed by atoms with Crippen LogP contribution in [0.4, 0.5) is 0 Å². The zero-order valence-corrected chi connectivity index (χ0v) is 5.03.